The summed E-state index contributed by atoms with van der Waals surface area (Å²) < 4.78 is 0. The number of rotatable bonds is 5. The highest BCUT2D eigenvalue weighted by atomic mass is 16.2. The van der Waals surface area contributed by atoms with E-state index in [1.165, 1.54) is 16.7 Å². The van der Waals surface area contributed by atoms with Crippen molar-refractivity contribution >= 4 is 22.6 Å². The second-order valence-corrected chi connectivity index (χ2v) is 7.40. The van der Waals surface area contributed by atoms with Crippen molar-refractivity contribution in [3.05, 3.63) is 72.1 Å². The Hall–Kier alpha value is -3.08. The predicted molar refractivity (Wildman–Crippen MR) is 113 cm³/mol. The van der Waals surface area contributed by atoms with E-state index < -0.39 is 0 Å². The fourth-order valence-corrected chi connectivity index (χ4v) is 3.72. The van der Waals surface area contributed by atoms with Gasteiger partial charge in [-0.3, -0.25) is 0 Å². The summed E-state index contributed by atoms with van der Waals surface area (Å²) in [4.78, 5) is 22.1. The lowest BCUT2D eigenvalue weighted by Crippen LogP contribution is -2.45. The monoisotopic (exact) mass is 374 g/mol. The minimum Gasteiger partial charge on any atom is -0.346 e. The Balaban J connectivity index is 1.32. The minimum absolute atomic E-state index is 0.0245. The number of benzene rings is 1. The SMILES string of the molecule is CC(CCc1ccccc1)NC(=O)N1CC=C(c2c[nH]c3ncccc23)CC1. The molecule has 5 nitrogen and oxygen atoms in total. The molecule has 4 rings (SSSR count). The fourth-order valence-electron chi connectivity index (χ4n) is 3.72. The summed E-state index contributed by atoms with van der Waals surface area (Å²) in [5.41, 5.74) is 4.69. The molecule has 144 valence electrons. The first kappa shape index (κ1) is 18.3. The largest absolute Gasteiger partial charge is 0.346 e. The van der Waals surface area contributed by atoms with Gasteiger partial charge in [0.05, 0.1) is 0 Å². The van der Waals surface area contributed by atoms with Gasteiger partial charge in [-0.05, 0) is 49.5 Å². The van der Waals surface area contributed by atoms with Crippen LogP contribution in [0.4, 0.5) is 4.79 Å². The van der Waals surface area contributed by atoms with Gasteiger partial charge < -0.3 is 15.2 Å². The van der Waals surface area contributed by atoms with Crippen LogP contribution in [0.5, 0.6) is 0 Å². The molecule has 1 unspecified atom stereocenters. The van der Waals surface area contributed by atoms with E-state index in [0.29, 0.717) is 6.54 Å². The van der Waals surface area contributed by atoms with Gasteiger partial charge in [0.25, 0.3) is 0 Å². The summed E-state index contributed by atoms with van der Waals surface area (Å²) >= 11 is 0. The van der Waals surface area contributed by atoms with Gasteiger partial charge in [0.1, 0.15) is 5.65 Å². The number of pyridine rings is 1. The van der Waals surface area contributed by atoms with E-state index in [1.807, 2.05) is 23.2 Å². The van der Waals surface area contributed by atoms with E-state index >= 15 is 0 Å². The average Bonchev–Trinajstić information content (AvgIpc) is 3.17. The molecule has 0 saturated carbocycles. The highest BCUT2D eigenvalue weighted by Gasteiger charge is 2.20. The van der Waals surface area contributed by atoms with Crippen LogP contribution in [0.1, 0.15) is 30.9 Å². The molecule has 0 radical (unpaired) electrons. The second kappa shape index (κ2) is 8.30. The van der Waals surface area contributed by atoms with Crippen LogP contribution in [0.2, 0.25) is 0 Å². The standard InChI is InChI=1S/C23H26N4O/c1-17(9-10-18-6-3-2-4-7-18)26-23(28)27-14-11-19(12-15-27)21-16-25-22-20(21)8-5-13-24-22/h2-8,11,13,16-17H,9-10,12,14-15H2,1H3,(H,24,25)(H,26,28). The normalized spacial score (nSPS) is 15.3. The summed E-state index contributed by atoms with van der Waals surface area (Å²) in [7, 11) is 0. The van der Waals surface area contributed by atoms with Crippen LogP contribution >= 0.6 is 0 Å². The van der Waals surface area contributed by atoms with Gasteiger partial charge >= 0.3 is 6.03 Å². The van der Waals surface area contributed by atoms with Crippen molar-refractivity contribution in [3.63, 3.8) is 0 Å². The zero-order valence-corrected chi connectivity index (χ0v) is 16.2. The Labute approximate surface area is 165 Å². The van der Waals surface area contributed by atoms with Gasteiger partial charge in [0, 0.05) is 42.5 Å². The number of aryl methyl sites for hydroxylation is 1. The molecule has 1 aliphatic rings. The van der Waals surface area contributed by atoms with E-state index in [-0.39, 0.29) is 12.1 Å². The molecule has 28 heavy (non-hydrogen) atoms. The smallest absolute Gasteiger partial charge is 0.317 e. The quantitative estimate of drug-likeness (QED) is 0.696. The second-order valence-electron chi connectivity index (χ2n) is 7.40. The molecule has 0 bridgehead atoms. The number of nitrogens with one attached hydrogen (secondary N) is 2. The highest BCUT2D eigenvalue weighted by molar-refractivity contribution is 5.91. The zero-order chi connectivity index (χ0) is 19.3. The first-order valence-electron chi connectivity index (χ1n) is 9.91. The zero-order valence-electron chi connectivity index (χ0n) is 16.2. The van der Waals surface area contributed by atoms with Gasteiger partial charge in [-0.15, -0.1) is 0 Å². The van der Waals surface area contributed by atoms with Crippen LogP contribution < -0.4 is 5.32 Å². The lowest BCUT2D eigenvalue weighted by molar-refractivity contribution is 0.199. The maximum absolute atomic E-state index is 12.6. The molecule has 3 aromatic rings. The van der Waals surface area contributed by atoms with E-state index in [4.69, 9.17) is 0 Å². The van der Waals surface area contributed by atoms with Crippen LogP contribution in [0.15, 0.2) is 60.9 Å². The molecule has 3 heterocycles. The van der Waals surface area contributed by atoms with Crippen LogP contribution in [0.25, 0.3) is 16.6 Å². The molecular weight excluding hydrogens is 348 g/mol. The number of fused-ring (bicyclic) bond motifs is 1. The first-order chi connectivity index (χ1) is 13.7. The molecule has 0 spiro atoms. The molecular formula is C23H26N4O. The summed E-state index contributed by atoms with van der Waals surface area (Å²) in [6, 6.07) is 14.6. The lowest BCUT2D eigenvalue weighted by atomic mass is 10.00. The molecule has 0 saturated heterocycles. The molecule has 2 N–H and O–H groups in total. The van der Waals surface area contributed by atoms with Crippen molar-refractivity contribution in [2.75, 3.05) is 13.1 Å². The van der Waals surface area contributed by atoms with E-state index in [2.05, 4.69) is 58.6 Å². The Morgan fingerprint density at radius 1 is 1.25 bits per heavy atom. The summed E-state index contributed by atoms with van der Waals surface area (Å²) in [6.07, 6.45) is 8.74. The number of hydrogen-bond acceptors (Lipinski definition) is 2. The third kappa shape index (κ3) is 4.09. The Kier molecular flexibility index (Phi) is 5.42. The number of H-pyrrole nitrogens is 1. The number of aromatic amines is 1. The molecule has 1 aromatic carbocycles. The van der Waals surface area contributed by atoms with Crippen LogP contribution in [0.3, 0.4) is 0 Å². The minimum atomic E-state index is 0.0245. The number of hydrogen-bond donors (Lipinski definition) is 2. The number of carbonyl (C=O) groups is 1. The van der Waals surface area contributed by atoms with Crippen molar-refractivity contribution < 1.29 is 4.79 Å². The molecule has 0 fully saturated rings. The molecule has 5 heteroatoms. The molecule has 2 amide bonds. The molecule has 1 aliphatic heterocycles. The number of aromatic nitrogens is 2. The van der Waals surface area contributed by atoms with Crippen LogP contribution in [-0.2, 0) is 6.42 Å². The van der Waals surface area contributed by atoms with Crippen LogP contribution in [-0.4, -0.2) is 40.0 Å². The summed E-state index contributed by atoms with van der Waals surface area (Å²) in [6.45, 7) is 3.44. The average molecular weight is 374 g/mol. The maximum Gasteiger partial charge on any atom is 0.317 e. The third-order valence-electron chi connectivity index (χ3n) is 5.37. The highest BCUT2D eigenvalue weighted by Crippen LogP contribution is 2.28. The van der Waals surface area contributed by atoms with Crippen molar-refractivity contribution in [1.82, 2.24) is 20.2 Å². The van der Waals surface area contributed by atoms with Gasteiger partial charge in [0.2, 0.25) is 0 Å². The Morgan fingerprint density at radius 2 is 2.11 bits per heavy atom. The number of carbonyl (C=O) groups excluding carboxylic acids is 1. The number of nitrogens with zero attached hydrogens (tertiary/aromatic N) is 2. The molecule has 0 aliphatic carbocycles. The van der Waals surface area contributed by atoms with Gasteiger partial charge in [0.15, 0.2) is 0 Å². The molecule has 1 atom stereocenters. The Morgan fingerprint density at radius 3 is 2.89 bits per heavy atom. The molecule has 2 aromatic heterocycles. The lowest BCUT2D eigenvalue weighted by Gasteiger charge is -2.28. The van der Waals surface area contributed by atoms with Gasteiger partial charge in [-0.2, -0.15) is 0 Å². The van der Waals surface area contributed by atoms with E-state index in [9.17, 15) is 4.79 Å². The summed E-state index contributed by atoms with van der Waals surface area (Å²) in [5.74, 6) is 0. The van der Waals surface area contributed by atoms with Crippen molar-refractivity contribution in [2.24, 2.45) is 0 Å². The first-order valence-corrected chi connectivity index (χ1v) is 9.91. The van der Waals surface area contributed by atoms with E-state index in [1.54, 1.807) is 6.20 Å². The number of urea groups is 1. The summed E-state index contributed by atoms with van der Waals surface area (Å²) in [5, 5.41) is 4.28. The van der Waals surface area contributed by atoms with Gasteiger partial charge in [-0.25, -0.2) is 9.78 Å². The van der Waals surface area contributed by atoms with Crippen LogP contribution in [0, 0.1) is 0 Å². The van der Waals surface area contributed by atoms with Crippen molar-refractivity contribution in [2.45, 2.75) is 32.2 Å². The van der Waals surface area contributed by atoms with Gasteiger partial charge in [-0.1, -0.05) is 36.4 Å². The topological polar surface area (TPSA) is 61.0 Å². The third-order valence-corrected chi connectivity index (χ3v) is 5.37. The van der Waals surface area contributed by atoms with E-state index in [0.717, 1.165) is 36.8 Å². The predicted octanol–water partition coefficient (Wildman–Crippen LogP) is 4.38. The maximum atomic E-state index is 12.6. The number of amides is 2. The van der Waals surface area contributed by atoms with Crippen molar-refractivity contribution in [1.29, 1.82) is 0 Å². The Bertz CT molecular complexity index is 976. The van der Waals surface area contributed by atoms with Crippen molar-refractivity contribution in [3.8, 4) is 0 Å². The fraction of sp³-hybridized carbons (Fsp3) is 0.304.